The van der Waals surface area contributed by atoms with Gasteiger partial charge in [-0.25, -0.2) is 0 Å². The number of dihydropyridines is 1. The van der Waals surface area contributed by atoms with Gasteiger partial charge in [0.05, 0.1) is 0 Å². The van der Waals surface area contributed by atoms with Gasteiger partial charge in [-0.05, 0) is 56.0 Å². The van der Waals surface area contributed by atoms with E-state index in [1.807, 2.05) is 69.4 Å². The summed E-state index contributed by atoms with van der Waals surface area (Å²) in [5.41, 5.74) is 6.81. The van der Waals surface area contributed by atoms with Crippen LogP contribution in [0, 0.1) is 6.92 Å². The van der Waals surface area contributed by atoms with Gasteiger partial charge in [-0.3, -0.25) is 9.59 Å². The third kappa shape index (κ3) is 3.63. The van der Waals surface area contributed by atoms with Crippen LogP contribution in [0.25, 0.3) is 0 Å². The summed E-state index contributed by atoms with van der Waals surface area (Å²) in [5.74, 6) is -0.425. The molecule has 2 aromatic rings. The molecule has 0 saturated carbocycles. The number of para-hydroxylation sites is 1. The lowest BCUT2D eigenvalue weighted by Crippen LogP contribution is -2.35. The van der Waals surface area contributed by atoms with Crippen LogP contribution in [0.3, 0.4) is 0 Å². The van der Waals surface area contributed by atoms with E-state index in [1.165, 1.54) is 0 Å². The topological polar surface area (TPSA) is 70.2 Å². The Morgan fingerprint density at radius 2 is 1.77 bits per heavy atom. The molecule has 1 aliphatic carbocycles. The highest BCUT2D eigenvalue weighted by Gasteiger charge is 2.38. The summed E-state index contributed by atoms with van der Waals surface area (Å²) in [7, 11) is 1.87. The van der Waals surface area contributed by atoms with Gasteiger partial charge in [0.25, 0.3) is 5.91 Å². The number of Topliss-reactive ketones (excluding diaryl/α,β-unsaturated/α-hetero) is 1. The molecule has 0 bridgehead atoms. The van der Waals surface area contributed by atoms with Crippen molar-refractivity contribution in [1.29, 1.82) is 0 Å². The van der Waals surface area contributed by atoms with Crippen molar-refractivity contribution in [2.75, 3.05) is 17.7 Å². The van der Waals surface area contributed by atoms with Crippen molar-refractivity contribution >= 4 is 23.1 Å². The van der Waals surface area contributed by atoms with Gasteiger partial charge in [-0.1, -0.05) is 30.3 Å². The highest BCUT2D eigenvalue weighted by Crippen LogP contribution is 2.42. The zero-order valence-corrected chi connectivity index (χ0v) is 17.6. The summed E-state index contributed by atoms with van der Waals surface area (Å²) in [6.07, 6.45) is 2.20. The van der Waals surface area contributed by atoms with Crippen LogP contribution in [-0.4, -0.2) is 18.7 Å². The molecule has 1 amide bonds. The van der Waals surface area contributed by atoms with Crippen LogP contribution in [0.4, 0.5) is 11.4 Å². The number of ketones is 1. The van der Waals surface area contributed by atoms with Crippen molar-refractivity contribution in [3.05, 3.63) is 82.2 Å². The predicted molar refractivity (Wildman–Crippen MR) is 120 cm³/mol. The smallest absolute Gasteiger partial charge is 0.254 e. The molecule has 5 nitrogen and oxygen atoms in total. The number of aryl methyl sites for hydroxylation is 1. The van der Waals surface area contributed by atoms with Crippen LogP contribution >= 0.6 is 0 Å². The zero-order chi connectivity index (χ0) is 21.3. The molecule has 1 atom stereocenters. The Balaban J connectivity index is 1.79. The van der Waals surface area contributed by atoms with E-state index in [1.54, 1.807) is 0 Å². The number of anilines is 2. The van der Waals surface area contributed by atoms with Gasteiger partial charge < -0.3 is 16.0 Å². The van der Waals surface area contributed by atoms with Gasteiger partial charge in [0.1, 0.15) is 0 Å². The minimum Gasteiger partial charge on any atom is -0.388 e. The Labute approximate surface area is 177 Å². The van der Waals surface area contributed by atoms with E-state index in [0.29, 0.717) is 12.0 Å². The number of hydrogen-bond acceptors (Lipinski definition) is 4. The third-order valence-electron chi connectivity index (χ3n) is 5.95. The minimum atomic E-state index is -0.371. The fraction of sp³-hybridized carbons (Fsp3) is 0.280. The Morgan fingerprint density at radius 3 is 2.47 bits per heavy atom. The maximum atomic E-state index is 13.5. The maximum absolute atomic E-state index is 13.5. The number of carbonyl (C=O) groups excluding carboxylic acids is 2. The van der Waals surface area contributed by atoms with Gasteiger partial charge in [-0.2, -0.15) is 0 Å². The molecule has 1 aliphatic heterocycles. The van der Waals surface area contributed by atoms with Crippen molar-refractivity contribution in [2.24, 2.45) is 0 Å². The lowest BCUT2D eigenvalue weighted by Gasteiger charge is -2.34. The molecule has 1 heterocycles. The second-order valence-electron chi connectivity index (χ2n) is 7.91. The quantitative estimate of drug-likeness (QED) is 0.698. The van der Waals surface area contributed by atoms with Gasteiger partial charge in [0, 0.05) is 53.3 Å². The third-order valence-corrected chi connectivity index (χ3v) is 5.95. The Hall–Kier alpha value is -3.34. The molecule has 3 N–H and O–H groups in total. The summed E-state index contributed by atoms with van der Waals surface area (Å²) in [6.45, 7) is 3.89. The van der Waals surface area contributed by atoms with Crippen molar-refractivity contribution in [3.8, 4) is 0 Å². The first-order valence-corrected chi connectivity index (χ1v) is 10.4. The standard InChI is InChI=1S/C25H27N3O2/c1-15-7-4-5-8-19(15)28-25(30)22-16(2)27-20-9-6-10-21(29)24(20)23(22)17-11-13-18(26-3)14-12-17/h4-5,7-8,11-14,23,26-27H,6,9-10H2,1-3H3,(H,28,30). The van der Waals surface area contributed by atoms with Crippen LogP contribution in [0.1, 0.15) is 43.2 Å². The van der Waals surface area contributed by atoms with Crippen molar-refractivity contribution in [1.82, 2.24) is 5.32 Å². The maximum Gasteiger partial charge on any atom is 0.254 e. The van der Waals surface area contributed by atoms with E-state index in [4.69, 9.17) is 0 Å². The molecule has 5 heteroatoms. The molecular weight excluding hydrogens is 374 g/mol. The first-order valence-electron chi connectivity index (χ1n) is 10.4. The van der Waals surface area contributed by atoms with Crippen LogP contribution in [0.5, 0.6) is 0 Å². The highest BCUT2D eigenvalue weighted by molar-refractivity contribution is 6.10. The van der Waals surface area contributed by atoms with Gasteiger partial charge in [0.2, 0.25) is 0 Å². The van der Waals surface area contributed by atoms with Crippen molar-refractivity contribution in [3.63, 3.8) is 0 Å². The number of allylic oxidation sites excluding steroid dienone is 3. The summed E-state index contributed by atoms with van der Waals surface area (Å²) in [5, 5.41) is 9.55. The molecule has 0 saturated heterocycles. The fourth-order valence-corrected chi connectivity index (χ4v) is 4.36. The minimum absolute atomic E-state index is 0.125. The van der Waals surface area contributed by atoms with Crippen molar-refractivity contribution < 1.29 is 9.59 Å². The molecule has 0 fully saturated rings. The van der Waals surface area contributed by atoms with Crippen LogP contribution in [0.15, 0.2) is 71.1 Å². The Kier molecular flexibility index (Phi) is 5.44. The fourth-order valence-electron chi connectivity index (χ4n) is 4.36. The van der Waals surface area contributed by atoms with Crippen LogP contribution in [-0.2, 0) is 9.59 Å². The molecule has 0 spiro atoms. The number of amides is 1. The van der Waals surface area contributed by atoms with Gasteiger partial charge in [0.15, 0.2) is 5.78 Å². The molecule has 4 rings (SSSR count). The second-order valence-corrected chi connectivity index (χ2v) is 7.91. The Bertz CT molecular complexity index is 1060. The van der Waals surface area contributed by atoms with E-state index < -0.39 is 0 Å². The van der Waals surface area contributed by atoms with Gasteiger partial charge >= 0.3 is 0 Å². The molecular formula is C25H27N3O2. The average Bonchev–Trinajstić information content (AvgIpc) is 2.74. The lowest BCUT2D eigenvalue weighted by atomic mass is 9.75. The largest absolute Gasteiger partial charge is 0.388 e. The van der Waals surface area contributed by atoms with Gasteiger partial charge in [-0.15, -0.1) is 0 Å². The number of carbonyl (C=O) groups is 2. The SMILES string of the molecule is CNc1ccc(C2C(C(=O)Nc3ccccc3C)=C(C)NC3=C2C(=O)CCC3)cc1. The van der Waals surface area contributed by atoms with E-state index in [0.717, 1.165) is 52.3 Å². The second kappa shape index (κ2) is 8.19. The van der Waals surface area contributed by atoms with Crippen molar-refractivity contribution in [2.45, 2.75) is 39.0 Å². The summed E-state index contributed by atoms with van der Waals surface area (Å²) >= 11 is 0. The summed E-state index contributed by atoms with van der Waals surface area (Å²) in [4.78, 5) is 26.4. The zero-order valence-electron chi connectivity index (χ0n) is 17.6. The van der Waals surface area contributed by atoms with Crippen LogP contribution < -0.4 is 16.0 Å². The first kappa shape index (κ1) is 20.0. The first-order chi connectivity index (χ1) is 14.5. The summed E-state index contributed by atoms with van der Waals surface area (Å²) < 4.78 is 0. The monoisotopic (exact) mass is 401 g/mol. The number of hydrogen-bond donors (Lipinski definition) is 3. The lowest BCUT2D eigenvalue weighted by molar-refractivity contribution is -0.116. The molecule has 1 unspecified atom stereocenters. The number of rotatable bonds is 4. The molecule has 2 aromatic carbocycles. The normalized spacial score (nSPS) is 18.6. The molecule has 0 radical (unpaired) electrons. The molecule has 0 aromatic heterocycles. The number of benzene rings is 2. The van der Waals surface area contributed by atoms with E-state index in [2.05, 4.69) is 16.0 Å². The van der Waals surface area contributed by atoms with E-state index in [9.17, 15) is 9.59 Å². The highest BCUT2D eigenvalue weighted by atomic mass is 16.2. The molecule has 154 valence electrons. The molecule has 2 aliphatic rings. The van der Waals surface area contributed by atoms with E-state index >= 15 is 0 Å². The summed E-state index contributed by atoms with van der Waals surface area (Å²) in [6, 6.07) is 15.7. The molecule has 30 heavy (non-hydrogen) atoms. The predicted octanol–water partition coefficient (Wildman–Crippen LogP) is 4.64. The average molecular weight is 402 g/mol. The van der Waals surface area contributed by atoms with Crippen LogP contribution in [0.2, 0.25) is 0 Å². The number of nitrogens with one attached hydrogen (secondary N) is 3. The Morgan fingerprint density at radius 1 is 1.03 bits per heavy atom. The van der Waals surface area contributed by atoms with E-state index in [-0.39, 0.29) is 17.6 Å².